The molecule has 0 unspecified atom stereocenters. The highest BCUT2D eigenvalue weighted by Crippen LogP contribution is 2.17. The number of benzene rings is 2. The molecule has 2 aromatic carbocycles. The molecular weight excluding hydrogens is 370 g/mol. The van der Waals surface area contributed by atoms with Crippen LogP contribution >= 0.6 is 0 Å². The van der Waals surface area contributed by atoms with Crippen LogP contribution in [0.15, 0.2) is 60.3 Å². The molecule has 0 aliphatic rings. The largest absolute Gasteiger partial charge is 0.497 e. The predicted octanol–water partition coefficient (Wildman–Crippen LogP) is 3.05. The zero-order valence-electron chi connectivity index (χ0n) is 16.4. The summed E-state index contributed by atoms with van der Waals surface area (Å²) in [6.45, 7) is 2.46. The van der Waals surface area contributed by atoms with E-state index in [4.69, 9.17) is 9.47 Å². The third-order valence-corrected chi connectivity index (χ3v) is 3.97. The fraction of sp³-hybridized carbons (Fsp3) is 0.227. The van der Waals surface area contributed by atoms with Gasteiger partial charge in [0.25, 0.3) is 5.91 Å². The van der Waals surface area contributed by atoms with Gasteiger partial charge in [0.05, 0.1) is 25.0 Å². The molecular formula is C22H23N3O4. The number of ether oxygens (including phenoxy) is 2. The number of para-hydroxylation sites is 1. The van der Waals surface area contributed by atoms with E-state index < -0.39 is 11.9 Å². The van der Waals surface area contributed by atoms with E-state index in [2.05, 4.69) is 10.6 Å². The molecule has 0 heterocycles. The average molecular weight is 393 g/mol. The maximum Gasteiger partial charge on any atom is 0.340 e. The molecule has 2 aromatic rings. The van der Waals surface area contributed by atoms with Crippen molar-refractivity contribution in [2.24, 2.45) is 0 Å². The first-order valence-electron chi connectivity index (χ1n) is 9.13. The molecule has 0 bridgehead atoms. The van der Waals surface area contributed by atoms with Crippen molar-refractivity contribution in [2.45, 2.75) is 13.3 Å². The first-order chi connectivity index (χ1) is 14.1. The molecule has 0 saturated carbocycles. The fourth-order valence-electron chi connectivity index (χ4n) is 2.54. The van der Waals surface area contributed by atoms with Crippen molar-refractivity contribution in [2.75, 3.05) is 25.6 Å². The van der Waals surface area contributed by atoms with Crippen LogP contribution in [-0.4, -0.2) is 32.1 Å². The summed E-state index contributed by atoms with van der Waals surface area (Å²) in [5, 5.41) is 14.9. The van der Waals surface area contributed by atoms with E-state index in [1.807, 2.05) is 30.3 Å². The van der Waals surface area contributed by atoms with Crippen molar-refractivity contribution in [3.63, 3.8) is 0 Å². The van der Waals surface area contributed by atoms with E-state index >= 15 is 0 Å². The molecule has 0 radical (unpaired) electrons. The van der Waals surface area contributed by atoms with Crippen LogP contribution in [0, 0.1) is 11.3 Å². The molecule has 2 rings (SSSR count). The summed E-state index contributed by atoms with van der Waals surface area (Å²) >= 11 is 0. The first kappa shape index (κ1) is 21.5. The van der Waals surface area contributed by atoms with Crippen LogP contribution in [0.5, 0.6) is 5.75 Å². The summed E-state index contributed by atoms with van der Waals surface area (Å²) in [6, 6.07) is 16.0. The number of carbonyl (C=O) groups is 2. The standard InChI is InChI=1S/C22H23N3O4/c1-3-29-22(27)19-9-4-5-10-20(19)25-21(26)17(14-23)15-24-12-11-16-7-6-8-18(13-16)28-2/h4-10,13,15,24H,3,11-12H2,1-2H3,(H,25,26)/b17-15-. The number of methoxy groups -OCH3 is 1. The van der Waals surface area contributed by atoms with Gasteiger partial charge in [-0.3, -0.25) is 4.79 Å². The highest BCUT2D eigenvalue weighted by molar-refractivity contribution is 6.09. The number of anilines is 1. The molecule has 0 spiro atoms. The number of esters is 1. The molecule has 150 valence electrons. The Morgan fingerprint density at radius 2 is 1.97 bits per heavy atom. The minimum atomic E-state index is -0.613. The Morgan fingerprint density at radius 3 is 2.69 bits per heavy atom. The van der Waals surface area contributed by atoms with Crippen molar-refractivity contribution in [3.8, 4) is 11.8 Å². The molecule has 0 aromatic heterocycles. The number of nitrogens with zero attached hydrogens (tertiary/aromatic N) is 1. The summed E-state index contributed by atoms with van der Waals surface area (Å²) in [5.41, 5.74) is 1.48. The second kappa shape index (κ2) is 11.1. The van der Waals surface area contributed by atoms with E-state index in [0.717, 1.165) is 11.3 Å². The molecule has 7 heteroatoms. The molecule has 0 fully saturated rings. The molecule has 0 saturated heterocycles. The van der Waals surface area contributed by atoms with Crippen molar-refractivity contribution >= 4 is 17.6 Å². The number of hydrogen-bond donors (Lipinski definition) is 2. The molecule has 0 atom stereocenters. The van der Waals surface area contributed by atoms with E-state index in [1.165, 1.54) is 6.20 Å². The van der Waals surface area contributed by atoms with Crippen molar-refractivity contribution in [1.82, 2.24) is 5.32 Å². The van der Waals surface area contributed by atoms with E-state index in [0.29, 0.717) is 13.0 Å². The summed E-state index contributed by atoms with van der Waals surface area (Å²) < 4.78 is 10.2. The molecule has 1 amide bonds. The van der Waals surface area contributed by atoms with Gasteiger partial charge in [-0.1, -0.05) is 24.3 Å². The predicted molar refractivity (Wildman–Crippen MR) is 109 cm³/mol. The van der Waals surface area contributed by atoms with Crippen LogP contribution in [0.2, 0.25) is 0 Å². The molecule has 0 aliphatic carbocycles. The Labute approximate surface area is 169 Å². The lowest BCUT2D eigenvalue weighted by atomic mass is 10.1. The summed E-state index contributed by atoms with van der Waals surface area (Å²) in [7, 11) is 1.61. The van der Waals surface area contributed by atoms with Gasteiger partial charge in [0.2, 0.25) is 0 Å². The monoisotopic (exact) mass is 393 g/mol. The van der Waals surface area contributed by atoms with Gasteiger partial charge in [0.1, 0.15) is 17.4 Å². The molecule has 29 heavy (non-hydrogen) atoms. The van der Waals surface area contributed by atoms with Gasteiger partial charge in [-0.15, -0.1) is 0 Å². The second-order valence-electron chi connectivity index (χ2n) is 5.95. The van der Waals surface area contributed by atoms with Gasteiger partial charge in [-0.05, 0) is 43.2 Å². The normalized spacial score (nSPS) is 10.6. The quantitative estimate of drug-likeness (QED) is 0.294. The lowest BCUT2D eigenvalue weighted by molar-refractivity contribution is -0.112. The SMILES string of the molecule is CCOC(=O)c1ccccc1NC(=O)/C(C#N)=C\NCCc1cccc(OC)c1. The van der Waals surface area contributed by atoms with Crippen LogP contribution in [0.3, 0.4) is 0 Å². The lowest BCUT2D eigenvalue weighted by Gasteiger charge is -2.10. The molecule has 0 aliphatic heterocycles. The first-order valence-corrected chi connectivity index (χ1v) is 9.13. The van der Waals surface area contributed by atoms with Crippen LogP contribution in [0.25, 0.3) is 0 Å². The Morgan fingerprint density at radius 1 is 1.17 bits per heavy atom. The fourth-order valence-corrected chi connectivity index (χ4v) is 2.54. The number of rotatable bonds is 9. The third-order valence-electron chi connectivity index (χ3n) is 3.97. The van der Waals surface area contributed by atoms with Crippen LogP contribution < -0.4 is 15.4 Å². The van der Waals surface area contributed by atoms with Crippen molar-refractivity contribution in [3.05, 3.63) is 71.4 Å². The number of hydrogen-bond acceptors (Lipinski definition) is 6. The van der Waals surface area contributed by atoms with Gasteiger partial charge in [-0.25, -0.2) is 4.79 Å². The highest BCUT2D eigenvalue weighted by atomic mass is 16.5. The Bertz CT molecular complexity index is 932. The van der Waals surface area contributed by atoms with Gasteiger partial charge in [-0.2, -0.15) is 5.26 Å². The minimum absolute atomic E-state index is 0.102. The summed E-state index contributed by atoms with van der Waals surface area (Å²) in [6.07, 6.45) is 2.06. The number of nitriles is 1. The number of amides is 1. The maximum absolute atomic E-state index is 12.4. The second-order valence-corrected chi connectivity index (χ2v) is 5.95. The van der Waals surface area contributed by atoms with Gasteiger partial charge in [0.15, 0.2) is 0 Å². The van der Waals surface area contributed by atoms with Gasteiger partial charge in [0, 0.05) is 12.7 Å². The Balaban J connectivity index is 1.98. The highest BCUT2D eigenvalue weighted by Gasteiger charge is 2.16. The van der Waals surface area contributed by atoms with E-state index in [9.17, 15) is 14.9 Å². The smallest absolute Gasteiger partial charge is 0.340 e. The Hall–Kier alpha value is -3.79. The van der Waals surface area contributed by atoms with Crippen LogP contribution in [0.4, 0.5) is 5.69 Å². The van der Waals surface area contributed by atoms with Crippen molar-refractivity contribution in [1.29, 1.82) is 5.26 Å². The average Bonchev–Trinajstić information content (AvgIpc) is 2.74. The lowest BCUT2D eigenvalue weighted by Crippen LogP contribution is -2.19. The number of carbonyl (C=O) groups excluding carboxylic acids is 2. The third kappa shape index (κ3) is 6.40. The summed E-state index contributed by atoms with van der Waals surface area (Å²) in [4.78, 5) is 24.4. The zero-order valence-corrected chi connectivity index (χ0v) is 16.4. The van der Waals surface area contributed by atoms with E-state index in [1.54, 1.807) is 38.3 Å². The van der Waals surface area contributed by atoms with Crippen LogP contribution in [-0.2, 0) is 16.0 Å². The van der Waals surface area contributed by atoms with Gasteiger partial charge < -0.3 is 20.1 Å². The van der Waals surface area contributed by atoms with E-state index in [-0.39, 0.29) is 23.4 Å². The van der Waals surface area contributed by atoms with Crippen LogP contribution in [0.1, 0.15) is 22.8 Å². The van der Waals surface area contributed by atoms with Crippen molar-refractivity contribution < 1.29 is 19.1 Å². The zero-order chi connectivity index (χ0) is 21.1. The minimum Gasteiger partial charge on any atom is -0.497 e. The maximum atomic E-state index is 12.4. The molecule has 7 nitrogen and oxygen atoms in total. The molecule has 2 N–H and O–H groups in total. The number of nitrogens with one attached hydrogen (secondary N) is 2. The Kier molecular flexibility index (Phi) is 8.27. The topological polar surface area (TPSA) is 100 Å². The van der Waals surface area contributed by atoms with Gasteiger partial charge >= 0.3 is 5.97 Å². The summed E-state index contributed by atoms with van der Waals surface area (Å²) in [5.74, 6) is -0.379.